The summed E-state index contributed by atoms with van der Waals surface area (Å²) in [4.78, 5) is 13.0. The molecule has 3 heteroatoms. The Balaban J connectivity index is 1.88. The van der Waals surface area contributed by atoms with E-state index in [-0.39, 0.29) is 5.78 Å². The standard InChI is InChI=1S/C16H15ClOS/c1-12-4-2-5-13(8-12)9-15(18)11-19-16-7-3-6-14(17)10-16/h2-8,10H,9,11H2,1H3. The minimum absolute atomic E-state index is 0.232. The summed E-state index contributed by atoms with van der Waals surface area (Å²) in [6, 6.07) is 15.7. The molecule has 98 valence electrons. The topological polar surface area (TPSA) is 17.1 Å². The molecule has 0 bridgehead atoms. The Hall–Kier alpha value is -1.25. The fraction of sp³-hybridized carbons (Fsp3) is 0.188. The summed E-state index contributed by atoms with van der Waals surface area (Å²) in [6.45, 7) is 2.04. The number of halogens is 1. The third-order valence-corrected chi connectivity index (χ3v) is 3.97. The van der Waals surface area contributed by atoms with Crippen LogP contribution in [0.3, 0.4) is 0 Å². The second-order valence-corrected chi connectivity index (χ2v) is 5.94. The lowest BCUT2D eigenvalue weighted by atomic mass is 10.1. The van der Waals surface area contributed by atoms with Gasteiger partial charge in [0.25, 0.3) is 0 Å². The van der Waals surface area contributed by atoms with Gasteiger partial charge in [-0.05, 0) is 30.7 Å². The number of Topliss-reactive ketones (excluding diaryl/α,β-unsaturated/α-hetero) is 1. The maximum Gasteiger partial charge on any atom is 0.147 e. The highest BCUT2D eigenvalue weighted by atomic mass is 35.5. The van der Waals surface area contributed by atoms with Crippen LogP contribution in [0, 0.1) is 6.92 Å². The molecule has 0 atom stereocenters. The maximum absolute atomic E-state index is 11.9. The number of aryl methyl sites for hydroxylation is 1. The minimum Gasteiger partial charge on any atom is -0.298 e. The van der Waals surface area contributed by atoms with E-state index in [9.17, 15) is 4.79 Å². The molecule has 2 rings (SSSR count). The predicted molar refractivity (Wildman–Crippen MR) is 82.1 cm³/mol. The molecular weight excluding hydrogens is 276 g/mol. The van der Waals surface area contributed by atoms with Crippen molar-refractivity contribution in [1.82, 2.24) is 0 Å². The van der Waals surface area contributed by atoms with E-state index in [1.807, 2.05) is 49.4 Å². The van der Waals surface area contributed by atoms with Crippen molar-refractivity contribution >= 4 is 29.1 Å². The predicted octanol–water partition coefficient (Wildman–Crippen LogP) is 4.55. The Bertz CT molecular complexity index is 580. The highest BCUT2D eigenvalue weighted by molar-refractivity contribution is 8.00. The normalized spacial score (nSPS) is 10.4. The molecule has 0 amide bonds. The molecule has 0 aromatic heterocycles. The summed E-state index contributed by atoms with van der Waals surface area (Å²) in [5.41, 5.74) is 2.27. The van der Waals surface area contributed by atoms with E-state index in [1.165, 1.54) is 17.3 Å². The van der Waals surface area contributed by atoms with Gasteiger partial charge >= 0.3 is 0 Å². The highest BCUT2D eigenvalue weighted by Crippen LogP contribution is 2.21. The molecule has 1 nitrogen and oxygen atoms in total. The summed E-state index contributed by atoms with van der Waals surface area (Å²) in [7, 11) is 0. The number of carbonyl (C=O) groups excluding carboxylic acids is 1. The van der Waals surface area contributed by atoms with Crippen LogP contribution in [-0.2, 0) is 11.2 Å². The first-order chi connectivity index (χ1) is 9.13. The molecule has 0 heterocycles. The summed E-state index contributed by atoms with van der Waals surface area (Å²) in [6.07, 6.45) is 0.495. The van der Waals surface area contributed by atoms with Crippen LogP contribution in [0.2, 0.25) is 5.02 Å². The Kier molecular flexibility index (Phi) is 5.06. The first-order valence-corrected chi connectivity index (χ1v) is 7.45. The van der Waals surface area contributed by atoms with Gasteiger partial charge in [0.05, 0.1) is 5.75 Å². The van der Waals surface area contributed by atoms with Crippen LogP contribution >= 0.6 is 23.4 Å². The number of rotatable bonds is 5. The van der Waals surface area contributed by atoms with E-state index in [0.29, 0.717) is 17.2 Å². The maximum atomic E-state index is 11.9. The first kappa shape index (κ1) is 14.2. The third-order valence-electron chi connectivity index (χ3n) is 2.68. The van der Waals surface area contributed by atoms with Crippen LogP contribution in [0.5, 0.6) is 0 Å². The summed E-state index contributed by atoms with van der Waals surface area (Å²) in [5.74, 6) is 0.712. The zero-order valence-corrected chi connectivity index (χ0v) is 12.3. The van der Waals surface area contributed by atoms with Gasteiger partial charge in [-0.15, -0.1) is 11.8 Å². The molecule has 0 spiro atoms. The molecule has 0 N–H and O–H groups in total. The van der Waals surface area contributed by atoms with Gasteiger partial charge in [-0.3, -0.25) is 4.79 Å². The van der Waals surface area contributed by atoms with Crippen molar-refractivity contribution < 1.29 is 4.79 Å². The average molecular weight is 291 g/mol. The van der Waals surface area contributed by atoms with E-state index < -0.39 is 0 Å². The van der Waals surface area contributed by atoms with Gasteiger partial charge < -0.3 is 0 Å². The van der Waals surface area contributed by atoms with Crippen molar-refractivity contribution in [3.63, 3.8) is 0 Å². The monoisotopic (exact) mass is 290 g/mol. The highest BCUT2D eigenvalue weighted by Gasteiger charge is 2.05. The molecule has 19 heavy (non-hydrogen) atoms. The molecule has 0 fully saturated rings. The molecular formula is C16H15ClOS. The molecule has 0 saturated carbocycles. The summed E-state index contributed by atoms with van der Waals surface area (Å²) in [5, 5.41) is 0.705. The molecule has 2 aromatic rings. The van der Waals surface area contributed by atoms with Gasteiger partial charge in [0.15, 0.2) is 0 Å². The fourth-order valence-electron chi connectivity index (χ4n) is 1.82. The largest absolute Gasteiger partial charge is 0.298 e. The van der Waals surface area contributed by atoms with Crippen molar-refractivity contribution in [1.29, 1.82) is 0 Å². The second-order valence-electron chi connectivity index (χ2n) is 4.45. The first-order valence-electron chi connectivity index (χ1n) is 6.09. The van der Waals surface area contributed by atoms with Crippen molar-refractivity contribution in [3.8, 4) is 0 Å². The van der Waals surface area contributed by atoms with E-state index in [0.717, 1.165) is 10.5 Å². The SMILES string of the molecule is Cc1cccc(CC(=O)CSc2cccc(Cl)c2)c1. The van der Waals surface area contributed by atoms with Crippen molar-refractivity contribution in [2.45, 2.75) is 18.2 Å². The second kappa shape index (κ2) is 6.78. The van der Waals surface area contributed by atoms with Crippen molar-refractivity contribution in [2.75, 3.05) is 5.75 Å². The van der Waals surface area contributed by atoms with Gasteiger partial charge in [-0.25, -0.2) is 0 Å². The van der Waals surface area contributed by atoms with Gasteiger partial charge in [0.1, 0.15) is 5.78 Å². The molecule has 0 aliphatic rings. The number of benzene rings is 2. The average Bonchev–Trinajstić information content (AvgIpc) is 2.36. The quantitative estimate of drug-likeness (QED) is 0.751. The lowest BCUT2D eigenvalue weighted by Crippen LogP contribution is -2.05. The zero-order chi connectivity index (χ0) is 13.7. The zero-order valence-electron chi connectivity index (χ0n) is 10.7. The molecule has 0 aliphatic heterocycles. The van der Waals surface area contributed by atoms with E-state index >= 15 is 0 Å². The molecule has 0 unspecified atom stereocenters. The van der Waals surface area contributed by atoms with Gasteiger partial charge in [-0.1, -0.05) is 47.5 Å². The Morgan fingerprint density at radius 1 is 1.16 bits per heavy atom. The van der Waals surface area contributed by atoms with E-state index in [2.05, 4.69) is 6.07 Å². The Labute approximate surface area is 123 Å². The smallest absolute Gasteiger partial charge is 0.147 e. The summed E-state index contributed by atoms with van der Waals surface area (Å²) >= 11 is 7.44. The number of carbonyl (C=O) groups is 1. The lowest BCUT2D eigenvalue weighted by Gasteiger charge is -2.03. The van der Waals surface area contributed by atoms with Crippen molar-refractivity contribution in [3.05, 3.63) is 64.7 Å². The van der Waals surface area contributed by atoms with E-state index in [4.69, 9.17) is 11.6 Å². The number of thioether (sulfide) groups is 1. The van der Waals surface area contributed by atoms with Crippen LogP contribution in [-0.4, -0.2) is 11.5 Å². The minimum atomic E-state index is 0.232. The summed E-state index contributed by atoms with van der Waals surface area (Å²) < 4.78 is 0. The van der Waals surface area contributed by atoms with Crippen LogP contribution < -0.4 is 0 Å². The molecule has 0 radical (unpaired) electrons. The Morgan fingerprint density at radius 2 is 1.95 bits per heavy atom. The lowest BCUT2D eigenvalue weighted by molar-refractivity contribution is -0.116. The van der Waals surface area contributed by atoms with Gasteiger partial charge in [0.2, 0.25) is 0 Å². The van der Waals surface area contributed by atoms with E-state index in [1.54, 1.807) is 0 Å². The van der Waals surface area contributed by atoms with Crippen LogP contribution in [0.25, 0.3) is 0 Å². The molecule has 0 saturated heterocycles. The molecule has 0 aliphatic carbocycles. The van der Waals surface area contributed by atoms with Crippen LogP contribution in [0.15, 0.2) is 53.4 Å². The van der Waals surface area contributed by atoms with Gasteiger partial charge in [0, 0.05) is 16.3 Å². The Morgan fingerprint density at radius 3 is 2.68 bits per heavy atom. The van der Waals surface area contributed by atoms with Gasteiger partial charge in [-0.2, -0.15) is 0 Å². The number of hydrogen-bond donors (Lipinski definition) is 0. The van der Waals surface area contributed by atoms with Crippen LogP contribution in [0.1, 0.15) is 11.1 Å². The fourth-order valence-corrected chi connectivity index (χ4v) is 2.89. The third kappa shape index (κ3) is 4.73. The number of hydrogen-bond acceptors (Lipinski definition) is 2. The van der Waals surface area contributed by atoms with Crippen molar-refractivity contribution in [2.24, 2.45) is 0 Å². The number of ketones is 1. The molecule has 2 aromatic carbocycles. The van der Waals surface area contributed by atoms with Crippen LogP contribution in [0.4, 0.5) is 0 Å².